The van der Waals surface area contributed by atoms with Gasteiger partial charge in [-0.3, -0.25) is 4.79 Å². The maximum absolute atomic E-state index is 13.6. The van der Waals surface area contributed by atoms with Crippen LogP contribution < -0.4 is 4.74 Å². The molecule has 0 saturated carbocycles. The van der Waals surface area contributed by atoms with Crippen molar-refractivity contribution in [1.82, 2.24) is 3.97 Å². The number of aromatic nitrogens is 1. The number of ether oxygens (including phenoxy) is 1. The maximum Gasteiger partial charge on any atom is 0.303 e. The van der Waals surface area contributed by atoms with Crippen LogP contribution in [0.2, 0.25) is 0 Å². The van der Waals surface area contributed by atoms with Crippen LogP contribution in [-0.2, 0) is 21.2 Å². The highest BCUT2D eigenvalue weighted by Crippen LogP contribution is 2.30. The van der Waals surface area contributed by atoms with Crippen LogP contribution in [-0.4, -0.2) is 30.1 Å². The van der Waals surface area contributed by atoms with E-state index in [1.807, 2.05) is 0 Å². The molecule has 6 nitrogen and oxygen atoms in total. The Kier molecular flexibility index (Phi) is 5.37. The molecule has 0 fully saturated rings. The van der Waals surface area contributed by atoms with Gasteiger partial charge in [0.2, 0.25) is 0 Å². The molecule has 0 amide bonds. The van der Waals surface area contributed by atoms with E-state index in [2.05, 4.69) is 0 Å². The third-order valence-corrected chi connectivity index (χ3v) is 5.86. The zero-order valence-electron chi connectivity index (χ0n) is 14.9. The van der Waals surface area contributed by atoms with E-state index < -0.39 is 32.5 Å². The minimum atomic E-state index is -4.23. The molecule has 0 radical (unpaired) electrons. The van der Waals surface area contributed by atoms with Gasteiger partial charge in [-0.25, -0.2) is 21.2 Å². The molecule has 1 aromatic heterocycles. The minimum Gasteiger partial charge on any atom is -0.494 e. The summed E-state index contributed by atoms with van der Waals surface area (Å²) in [6, 6.07) is 7.08. The normalized spacial score (nSPS) is 11.7. The van der Waals surface area contributed by atoms with E-state index in [1.54, 1.807) is 19.1 Å². The van der Waals surface area contributed by atoms with Gasteiger partial charge in [0.05, 0.1) is 17.0 Å². The van der Waals surface area contributed by atoms with Gasteiger partial charge in [-0.15, -0.1) is 0 Å². The Morgan fingerprint density at radius 2 is 1.89 bits per heavy atom. The van der Waals surface area contributed by atoms with Gasteiger partial charge in [0, 0.05) is 18.0 Å². The summed E-state index contributed by atoms with van der Waals surface area (Å²) < 4.78 is 59.1. The fourth-order valence-electron chi connectivity index (χ4n) is 2.89. The van der Waals surface area contributed by atoms with Crippen LogP contribution in [0.25, 0.3) is 10.9 Å². The Morgan fingerprint density at radius 1 is 1.14 bits per heavy atom. The first-order valence-electron chi connectivity index (χ1n) is 8.43. The van der Waals surface area contributed by atoms with Gasteiger partial charge in [-0.1, -0.05) is 0 Å². The number of carboxylic acid groups (broad SMARTS) is 1. The predicted molar refractivity (Wildman–Crippen MR) is 98.0 cm³/mol. The molecule has 0 unspecified atom stereocenters. The molecule has 0 aliphatic carbocycles. The molecule has 1 heterocycles. The fraction of sp³-hybridized carbons (Fsp3) is 0.211. The summed E-state index contributed by atoms with van der Waals surface area (Å²) in [5, 5.41) is 9.47. The Morgan fingerprint density at radius 3 is 2.54 bits per heavy atom. The molecule has 9 heteroatoms. The molecule has 28 heavy (non-hydrogen) atoms. The number of fused-ring (bicyclic) bond motifs is 1. The smallest absolute Gasteiger partial charge is 0.303 e. The van der Waals surface area contributed by atoms with Crippen LogP contribution in [0.3, 0.4) is 0 Å². The lowest BCUT2D eigenvalue weighted by molar-refractivity contribution is -0.136. The van der Waals surface area contributed by atoms with Crippen molar-refractivity contribution in [3.05, 3.63) is 59.8 Å². The third-order valence-electron chi connectivity index (χ3n) is 4.19. The van der Waals surface area contributed by atoms with E-state index in [-0.39, 0.29) is 18.4 Å². The maximum atomic E-state index is 13.6. The molecule has 0 bridgehead atoms. The lowest BCUT2D eigenvalue weighted by atomic mass is 10.1. The van der Waals surface area contributed by atoms with Crippen molar-refractivity contribution >= 4 is 26.9 Å². The number of carboxylic acids is 1. The standard InChI is InChI=1S/C19H17F2NO5S/c1-2-27-13-4-7-18-15(9-13)12(3-8-19(23)24)11-22(18)28(25,26)14-5-6-16(20)17(21)10-14/h4-7,9-11H,2-3,8H2,1H3,(H,23,24). The first kappa shape index (κ1) is 19.8. The summed E-state index contributed by atoms with van der Waals surface area (Å²) in [4.78, 5) is 10.5. The van der Waals surface area contributed by atoms with Gasteiger partial charge in [0.15, 0.2) is 11.6 Å². The van der Waals surface area contributed by atoms with Gasteiger partial charge >= 0.3 is 5.97 Å². The van der Waals surface area contributed by atoms with Gasteiger partial charge in [-0.05, 0) is 55.3 Å². The molecule has 0 saturated heterocycles. The molecule has 1 N–H and O–H groups in total. The first-order chi connectivity index (χ1) is 13.2. The molecule has 3 aromatic rings. The van der Waals surface area contributed by atoms with Crippen LogP contribution in [0.15, 0.2) is 47.5 Å². The number of carbonyl (C=O) groups is 1. The third kappa shape index (κ3) is 3.70. The van der Waals surface area contributed by atoms with E-state index in [0.29, 0.717) is 29.4 Å². The molecular formula is C19H17F2NO5S. The average molecular weight is 409 g/mol. The summed E-state index contributed by atoms with van der Waals surface area (Å²) in [5.74, 6) is -2.94. The number of halogens is 2. The molecule has 3 rings (SSSR count). The van der Waals surface area contributed by atoms with Gasteiger partial charge < -0.3 is 9.84 Å². The predicted octanol–water partition coefficient (Wildman–Crippen LogP) is 3.57. The lowest BCUT2D eigenvalue weighted by Crippen LogP contribution is -2.12. The van der Waals surface area contributed by atoms with Crippen LogP contribution in [0.1, 0.15) is 18.9 Å². The number of nitrogens with zero attached hydrogens (tertiary/aromatic N) is 1. The van der Waals surface area contributed by atoms with E-state index in [1.165, 1.54) is 12.3 Å². The number of aryl methyl sites for hydroxylation is 1. The molecule has 0 spiro atoms. The van der Waals surface area contributed by atoms with E-state index in [0.717, 1.165) is 16.1 Å². The number of hydrogen-bond acceptors (Lipinski definition) is 4. The van der Waals surface area contributed by atoms with E-state index in [4.69, 9.17) is 9.84 Å². The molecule has 0 atom stereocenters. The lowest BCUT2D eigenvalue weighted by Gasteiger charge is -2.09. The van der Waals surface area contributed by atoms with Gasteiger partial charge in [0.1, 0.15) is 5.75 Å². The highest BCUT2D eigenvalue weighted by Gasteiger charge is 2.23. The van der Waals surface area contributed by atoms with Crippen molar-refractivity contribution in [3.63, 3.8) is 0 Å². The molecule has 148 valence electrons. The monoisotopic (exact) mass is 409 g/mol. The molecule has 2 aromatic carbocycles. The van der Waals surface area contributed by atoms with Crippen LogP contribution in [0.4, 0.5) is 8.78 Å². The van der Waals surface area contributed by atoms with Crippen molar-refractivity contribution < 1.29 is 31.8 Å². The van der Waals surface area contributed by atoms with E-state index >= 15 is 0 Å². The number of benzene rings is 2. The largest absolute Gasteiger partial charge is 0.494 e. The highest BCUT2D eigenvalue weighted by molar-refractivity contribution is 7.90. The zero-order chi connectivity index (χ0) is 20.5. The second-order valence-corrected chi connectivity index (χ2v) is 7.85. The number of aliphatic carboxylic acids is 1. The van der Waals surface area contributed by atoms with Gasteiger partial charge in [-0.2, -0.15) is 0 Å². The summed E-state index contributed by atoms with van der Waals surface area (Å²) in [5.41, 5.74) is 0.777. The summed E-state index contributed by atoms with van der Waals surface area (Å²) >= 11 is 0. The van der Waals surface area contributed by atoms with Crippen molar-refractivity contribution in [1.29, 1.82) is 0 Å². The summed E-state index contributed by atoms with van der Waals surface area (Å²) in [7, 11) is -4.23. The van der Waals surface area contributed by atoms with Gasteiger partial charge in [0.25, 0.3) is 10.0 Å². The summed E-state index contributed by atoms with van der Waals surface area (Å²) in [6.45, 7) is 2.21. The van der Waals surface area contributed by atoms with E-state index in [9.17, 15) is 22.0 Å². The quantitative estimate of drug-likeness (QED) is 0.645. The second-order valence-electron chi connectivity index (χ2n) is 6.04. The van der Waals surface area contributed by atoms with Crippen molar-refractivity contribution in [2.45, 2.75) is 24.7 Å². The first-order valence-corrected chi connectivity index (χ1v) is 9.87. The summed E-state index contributed by atoms with van der Waals surface area (Å²) in [6.07, 6.45) is 1.21. The number of hydrogen-bond donors (Lipinski definition) is 1. The molecule has 0 aliphatic rings. The van der Waals surface area contributed by atoms with Crippen molar-refractivity contribution in [2.24, 2.45) is 0 Å². The zero-order valence-corrected chi connectivity index (χ0v) is 15.7. The Hall–Kier alpha value is -2.94. The molecular weight excluding hydrogens is 392 g/mol. The average Bonchev–Trinajstić information content (AvgIpc) is 3.01. The fourth-order valence-corrected chi connectivity index (χ4v) is 4.30. The van der Waals surface area contributed by atoms with Crippen LogP contribution in [0, 0.1) is 11.6 Å². The topological polar surface area (TPSA) is 85.6 Å². The Bertz CT molecular complexity index is 1150. The molecule has 0 aliphatic heterocycles. The SMILES string of the molecule is CCOc1ccc2c(c1)c(CCC(=O)O)cn2S(=O)(=O)c1ccc(F)c(F)c1. The Labute approximate surface area is 160 Å². The second kappa shape index (κ2) is 7.59. The van der Waals surface area contributed by atoms with Crippen LogP contribution >= 0.6 is 0 Å². The van der Waals surface area contributed by atoms with Crippen LogP contribution in [0.5, 0.6) is 5.75 Å². The Balaban J connectivity index is 2.18. The van der Waals surface area contributed by atoms with Crippen molar-refractivity contribution in [3.8, 4) is 5.75 Å². The number of rotatable bonds is 7. The van der Waals surface area contributed by atoms with Crippen molar-refractivity contribution in [2.75, 3.05) is 6.61 Å². The minimum absolute atomic E-state index is 0.0989. The highest BCUT2D eigenvalue weighted by atomic mass is 32.2.